The van der Waals surface area contributed by atoms with Gasteiger partial charge in [-0.15, -0.1) is 0 Å². The van der Waals surface area contributed by atoms with E-state index in [0.717, 1.165) is 41.8 Å². The topological polar surface area (TPSA) is 83.1 Å². The minimum atomic E-state index is 0.515. The van der Waals surface area contributed by atoms with E-state index in [1.807, 2.05) is 31.2 Å². The fourth-order valence-corrected chi connectivity index (χ4v) is 3.74. The first-order valence-corrected chi connectivity index (χ1v) is 9.65. The van der Waals surface area contributed by atoms with Gasteiger partial charge < -0.3 is 19.9 Å². The molecule has 0 amide bonds. The number of benzene rings is 1. The van der Waals surface area contributed by atoms with Crippen molar-refractivity contribution >= 4 is 23.0 Å². The first-order chi connectivity index (χ1) is 13.7. The first-order valence-electron chi connectivity index (χ1n) is 9.65. The maximum Gasteiger partial charge on any atom is 0.178 e. The van der Waals surface area contributed by atoms with Crippen LogP contribution in [0.5, 0.6) is 5.75 Å². The second-order valence-electron chi connectivity index (χ2n) is 7.14. The second-order valence-corrected chi connectivity index (χ2v) is 7.14. The Labute approximate surface area is 164 Å². The zero-order valence-corrected chi connectivity index (χ0v) is 16.3. The number of ether oxygens (including phenoxy) is 1. The number of H-pyrrole nitrogens is 1. The number of methoxy groups -OCH3 is 1. The monoisotopic (exact) mass is 379 g/mol. The van der Waals surface area contributed by atoms with E-state index < -0.39 is 0 Å². The van der Waals surface area contributed by atoms with Crippen molar-refractivity contribution in [1.82, 2.24) is 19.9 Å². The molecule has 0 spiro atoms. The molecule has 2 aromatic heterocycles. The first kappa shape index (κ1) is 18.4. The van der Waals surface area contributed by atoms with E-state index in [9.17, 15) is 4.79 Å². The van der Waals surface area contributed by atoms with E-state index in [0.29, 0.717) is 22.8 Å². The van der Waals surface area contributed by atoms with Gasteiger partial charge >= 0.3 is 0 Å². The molecular formula is C21H25N5O2. The van der Waals surface area contributed by atoms with Gasteiger partial charge in [0.05, 0.1) is 18.4 Å². The van der Waals surface area contributed by atoms with E-state index in [1.165, 1.54) is 25.9 Å². The second kappa shape index (κ2) is 7.98. The summed E-state index contributed by atoms with van der Waals surface area (Å²) in [6.07, 6.45) is 3.42. The minimum absolute atomic E-state index is 0.515. The summed E-state index contributed by atoms with van der Waals surface area (Å²) in [4.78, 5) is 26.8. The molecule has 3 heterocycles. The zero-order valence-electron chi connectivity index (χ0n) is 16.3. The summed E-state index contributed by atoms with van der Waals surface area (Å²) in [7, 11) is 1.61. The molecule has 1 aromatic carbocycles. The van der Waals surface area contributed by atoms with Gasteiger partial charge in [-0.1, -0.05) is 0 Å². The van der Waals surface area contributed by atoms with Gasteiger partial charge in [0.1, 0.15) is 11.6 Å². The van der Waals surface area contributed by atoms with E-state index >= 15 is 0 Å². The maximum absolute atomic E-state index is 11.8. The molecule has 28 heavy (non-hydrogen) atoms. The Bertz CT molecular complexity index is 992. The van der Waals surface area contributed by atoms with Gasteiger partial charge in [-0.25, -0.2) is 9.97 Å². The zero-order chi connectivity index (χ0) is 19.5. The van der Waals surface area contributed by atoms with Crippen LogP contribution in [0.15, 0.2) is 24.3 Å². The summed E-state index contributed by atoms with van der Waals surface area (Å²) < 4.78 is 5.29. The average molecular weight is 379 g/mol. The number of carbonyl (C=O) groups excluding carboxylic acids is 1. The third-order valence-corrected chi connectivity index (χ3v) is 5.17. The van der Waals surface area contributed by atoms with Crippen molar-refractivity contribution in [2.45, 2.75) is 19.8 Å². The molecule has 0 atom stereocenters. The number of carbonyl (C=O) groups is 1. The van der Waals surface area contributed by atoms with Gasteiger partial charge in [-0.3, -0.25) is 4.79 Å². The Kier molecular flexibility index (Phi) is 5.25. The highest BCUT2D eigenvalue weighted by atomic mass is 16.5. The Morgan fingerprint density at radius 1 is 1.25 bits per heavy atom. The number of anilines is 1. The van der Waals surface area contributed by atoms with Gasteiger partial charge in [0, 0.05) is 35.8 Å². The molecule has 146 valence electrons. The molecule has 0 bridgehead atoms. The lowest BCUT2D eigenvalue weighted by atomic mass is 10.1. The van der Waals surface area contributed by atoms with Gasteiger partial charge in [0.15, 0.2) is 12.1 Å². The number of hydrogen-bond acceptors (Lipinski definition) is 6. The maximum atomic E-state index is 11.8. The molecule has 3 aromatic rings. The van der Waals surface area contributed by atoms with E-state index in [4.69, 9.17) is 4.74 Å². The SMILES string of the molecule is COc1ccc2[nH]c(-c3nc(C)cc(NCCN4CCCC4)n3)c(C=O)c2c1. The highest BCUT2D eigenvalue weighted by molar-refractivity contribution is 6.04. The number of nitrogens with one attached hydrogen (secondary N) is 2. The summed E-state index contributed by atoms with van der Waals surface area (Å²) in [6, 6.07) is 7.54. The summed E-state index contributed by atoms with van der Waals surface area (Å²) >= 11 is 0. The molecule has 1 saturated heterocycles. The van der Waals surface area contributed by atoms with Gasteiger partial charge in [0.25, 0.3) is 0 Å². The van der Waals surface area contributed by atoms with E-state index in [2.05, 4.69) is 25.2 Å². The third kappa shape index (κ3) is 3.71. The Balaban J connectivity index is 1.63. The molecular weight excluding hydrogens is 354 g/mol. The summed E-state index contributed by atoms with van der Waals surface area (Å²) in [5.74, 6) is 1.99. The van der Waals surface area contributed by atoms with Crippen LogP contribution < -0.4 is 10.1 Å². The number of nitrogens with zero attached hydrogens (tertiary/aromatic N) is 3. The quantitative estimate of drug-likeness (QED) is 0.613. The minimum Gasteiger partial charge on any atom is -0.497 e. The number of hydrogen-bond donors (Lipinski definition) is 2. The molecule has 0 saturated carbocycles. The lowest BCUT2D eigenvalue weighted by molar-refractivity contribution is 0.112. The van der Waals surface area contributed by atoms with Crippen LogP contribution in [0.2, 0.25) is 0 Å². The van der Waals surface area contributed by atoms with Crippen molar-refractivity contribution in [2.24, 2.45) is 0 Å². The summed E-state index contributed by atoms with van der Waals surface area (Å²) in [6.45, 7) is 6.13. The summed E-state index contributed by atoms with van der Waals surface area (Å²) in [5, 5.41) is 4.20. The predicted octanol–water partition coefficient (Wildman–Crippen LogP) is 3.26. The van der Waals surface area contributed by atoms with Gasteiger partial charge in [-0.05, 0) is 51.1 Å². The third-order valence-electron chi connectivity index (χ3n) is 5.17. The van der Waals surface area contributed by atoms with Crippen LogP contribution >= 0.6 is 0 Å². The van der Waals surface area contributed by atoms with Crippen molar-refractivity contribution in [3.8, 4) is 17.3 Å². The van der Waals surface area contributed by atoms with Crippen LogP contribution in [0.3, 0.4) is 0 Å². The molecule has 0 radical (unpaired) electrons. The molecule has 1 aliphatic rings. The fourth-order valence-electron chi connectivity index (χ4n) is 3.74. The average Bonchev–Trinajstić information content (AvgIpc) is 3.34. The van der Waals surface area contributed by atoms with Crippen LogP contribution in [-0.2, 0) is 0 Å². The lowest BCUT2D eigenvalue weighted by Crippen LogP contribution is -2.26. The van der Waals surface area contributed by atoms with Crippen molar-refractivity contribution in [3.05, 3.63) is 35.5 Å². The number of aromatic nitrogens is 3. The standard InChI is InChI=1S/C21H25N5O2/c1-14-11-19(22-7-10-26-8-3-4-9-26)25-21(23-14)20-17(13-27)16-12-15(28-2)5-6-18(16)24-20/h5-6,11-13,24H,3-4,7-10H2,1-2H3,(H,22,23,25). The Hall–Kier alpha value is -2.93. The summed E-state index contributed by atoms with van der Waals surface area (Å²) in [5.41, 5.74) is 2.88. The number of rotatable bonds is 7. The van der Waals surface area contributed by atoms with Crippen LogP contribution in [0, 0.1) is 6.92 Å². The van der Waals surface area contributed by atoms with Crippen molar-refractivity contribution < 1.29 is 9.53 Å². The van der Waals surface area contributed by atoms with Crippen LogP contribution in [0.1, 0.15) is 28.9 Å². The van der Waals surface area contributed by atoms with E-state index in [-0.39, 0.29) is 0 Å². The molecule has 1 fully saturated rings. The molecule has 7 heteroatoms. The van der Waals surface area contributed by atoms with E-state index in [1.54, 1.807) is 7.11 Å². The number of aldehydes is 1. The number of aryl methyl sites for hydroxylation is 1. The number of likely N-dealkylation sites (tertiary alicyclic amines) is 1. The highest BCUT2D eigenvalue weighted by Gasteiger charge is 2.17. The van der Waals surface area contributed by atoms with Crippen molar-refractivity contribution in [1.29, 1.82) is 0 Å². The normalized spacial score (nSPS) is 14.5. The van der Waals surface area contributed by atoms with Gasteiger partial charge in [-0.2, -0.15) is 0 Å². The Morgan fingerprint density at radius 3 is 2.82 bits per heavy atom. The van der Waals surface area contributed by atoms with Crippen molar-refractivity contribution in [3.63, 3.8) is 0 Å². The smallest absolute Gasteiger partial charge is 0.178 e. The highest BCUT2D eigenvalue weighted by Crippen LogP contribution is 2.30. The molecule has 1 aliphatic heterocycles. The fraction of sp³-hybridized carbons (Fsp3) is 0.381. The lowest BCUT2D eigenvalue weighted by Gasteiger charge is -2.15. The number of fused-ring (bicyclic) bond motifs is 1. The molecule has 4 rings (SSSR count). The molecule has 0 unspecified atom stereocenters. The van der Waals surface area contributed by atoms with Crippen LogP contribution in [0.4, 0.5) is 5.82 Å². The predicted molar refractivity (Wildman–Crippen MR) is 110 cm³/mol. The van der Waals surface area contributed by atoms with Crippen molar-refractivity contribution in [2.75, 3.05) is 38.6 Å². The molecule has 0 aliphatic carbocycles. The largest absolute Gasteiger partial charge is 0.497 e. The molecule has 7 nitrogen and oxygen atoms in total. The Morgan fingerprint density at radius 2 is 2.07 bits per heavy atom. The van der Waals surface area contributed by atoms with Gasteiger partial charge in [0.2, 0.25) is 0 Å². The van der Waals surface area contributed by atoms with Crippen LogP contribution in [0.25, 0.3) is 22.4 Å². The van der Waals surface area contributed by atoms with Crippen LogP contribution in [-0.4, -0.2) is 59.4 Å². The number of aromatic amines is 1. The molecule has 2 N–H and O–H groups in total.